The van der Waals surface area contributed by atoms with Gasteiger partial charge in [0.1, 0.15) is 18.7 Å². The summed E-state index contributed by atoms with van der Waals surface area (Å²) in [5.41, 5.74) is -1.90. The van der Waals surface area contributed by atoms with Crippen molar-refractivity contribution in [3.8, 4) is 0 Å². The first-order valence-corrected chi connectivity index (χ1v) is 12.8. The number of para-hydroxylation sites is 1. The number of benzene rings is 3. The molecule has 3 N–H and O–H groups in total. The molecule has 226 valence electrons. The van der Waals surface area contributed by atoms with Gasteiger partial charge < -0.3 is 25.4 Å². The van der Waals surface area contributed by atoms with E-state index in [1.165, 1.54) is 48.5 Å². The van der Waals surface area contributed by atoms with Crippen LogP contribution in [0.25, 0.3) is 0 Å². The van der Waals surface area contributed by atoms with E-state index >= 15 is 0 Å². The number of alkyl halides is 3. The predicted octanol–water partition coefficient (Wildman–Crippen LogP) is 5.45. The van der Waals surface area contributed by atoms with Gasteiger partial charge in [0.15, 0.2) is 5.78 Å². The molecule has 3 aromatic rings. The molecule has 0 aromatic heterocycles. The molecule has 0 bridgehead atoms. The third-order valence-corrected chi connectivity index (χ3v) is 5.64. The van der Waals surface area contributed by atoms with Crippen molar-refractivity contribution in [2.75, 3.05) is 23.7 Å². The van der Waals surface area contributed by atoms with Crippen LogP contribution in [0.15, 0.2) is 72.8 Å². The Labute approximate surface area is 244 Å². The number of nitrogens with zero attached hydrogens (tertiary/aromatic N) is 1. The van der Waals surface area contributed by atoms with Crippen LogP contribution >= 0.6 is 0 Å². The second-order valence-corrected chi connectivity index (χ2v) is 10.3. The summed E-state index contributed by atoms with van der Waals surface area (Å²) in [5.74, 6) is -3.53. The predicted molar refractivity (Wildman–Crippen MR) is 150 cm³/mol. The lowest BCUT2D eigenvalue weighted by Gasteiger charge is -2.25. The first kappa shape index (κ1) is 32.3. The molecule has 0 saturated carbocycles. The van der Waals surface area contributed by atoms with E-state index in [1.54, 1.807) is 20.8 Å². The maximum atomic E-state index is 13.1. The van der Waals surface area contributed by atoms with Gasteiger partial charge in [0, 0.05) is 16.8 Å². The van der Waals surface area contributed by atoms with Gasteiger partial charge in [-0.3, -0.25) is 14.4 Å². The SMILES string of the molecule is CC(C)(C)OC(=O)CN(CC(=O)Nc1ccccc1C(=O)c1ccc(C(F)(F)F)cc1)C(=O)Nc1cccc(C(=O)O)c1. The third-order valence-electron chi connectivity index (χ3n) is 5.64. The average molecular weight is 600 g/mol. The van der Waals surface area contributed by atoms with E-state index in [2.05, 4.69) is 10.6 Å². The molecule has 0 aliphatic rings. The highest BCUT2D eigenvalue weighted by molar-refractivity contribution is 6.14. The van der Waals surface area contributed by atoms with Crippen LogP contribution in [-0.4, -0.2) is 58.4 Å². The lowest BCUT2D eigenvalue weighted by Crippen LogP contribution is -2.45. The van der Waals surface area contributed by atoms with Crippen molar-refractivity contribution in [1.29, 1.82) is 0 Å². The maximum Gasteiger partial charge on any atom is 0.416 e. The topological polar surface area (TPSA) is 142 Å². The fourth-order valence-electron chi connectivity index (χ4n) is 3.78. The second-order valence-electron chi connectivity index (χ2n) is 10.3. The molecule has 0 radical (unpaired) electrons. The molecule has 43 heavy (non-hydrogen) atoms. The van der Waals surface area contributed by atoms with E-state index in [0.717, 1.165) is 29.2 Å². The molecule has 0 aliphatic carbocycles. The van der Waals surface area contributed by atoms with E-state index in [4.69, 9.17) is 4.74 Å². The summed E-state index contributed by atoms with van der Waals surface area (Å²) >= 11 is 0. The van der Waals surface area contributed by atoms with E-state index < -0.39 is 60.1 Å². The zero-order valence-electron chi connectivity index (χ0n) is 23.3. The van der Waals surface area contributed by atoms with Gasteiger partial charge in [-0.05, 0) is 63.2 Å². The largest absolute Gasteiger partial charge is 0.478 e. The Balaban J connectivity index is 1.81. The minimum Gasteiger partial charge on any atom is -0.478 e. The minimum atomic E-state index is -4.58. The van der Waals surface area contributed by atoms with Gasteiger partial charge in [-0.25, -0.2) is 9.59 Å². The normalized spacial score (nSPS) is 11.3. The minimum absolute atomic E-state index is 0.0178. The van der Waals surface area contributed by atoms with Gasteiger partial charge in [-0.2, -0.15) is 13.2 Å². The summed E-state index contributed by atoms with van der Waals surface area (Å²) in [4.78, 5) is 63.9. The zero-order valence-corrected chi connectivity index (χ0v) is 23.3. The van der Waals surface area contributed by atoms with Gasteiger partial charge in [-0.15, -0.1) is 0 Å². The molecule has 0 atom stereocenters. The molecule has 3 amide bonds. The highest BCUT2D eigenvalue weighted by Crippen LogP contribution is 2.30. The number of ether oxygens (including phenoxy) is 1. The number of hydrogen-bond donors (Lipinski definition) is 3. The number of anilines is 2. The molecule has 3 aromatic carbocycles. The number of urea groups is 1. The number of nitrogens with one attached hydrogen (secondary N) is 2. The zero-order chi connectivity index (χ0) is 31.9. The number of carbonyl (C=O) groups is 5. The van der Waals surface area contributed by atoms with Gasteiger partial charge in [-0.1, -0.05) is 30.3 Å². The summed E-state index contributed by atoms with van der Waals surface area (Å²) in [6.45, 7) is 3.51. The number of carboxylic acid groups (broad SMARTS) is 1. The number of esters is 1. The van der Waals surface area contributed by atoms with Gasteiger partial charge in [0.2, 0.25) is 5.91 Å². The van der Waals surface area contributed by atoms with Crippen LogP contribution in [-0.2, 0) is 20.5 Å². The lowest BCUT2D eigenvalue weighted by atomic mass is 10.0. The number of hydrogen-bond acceptors (Lipinski definition) is 6. The van der Waals surface area contributed by atoms with Crippen molar-refractivity contribution in [1.82, 2.24) is 4.90 Å². The smallest absolute Gasteiger partial charge is 0.416 e. The maximum absolute atomic E-state index is 13.1. The molecule has 0 saturated heterocycles. The third kappa shape index (κ3) is 9.42. The Morgan fingerprint density at radius 1 is 0.814 bits per heavy atom. The highest BCUT2D eigenvalue weighted by Gasteiger charge is 2.30. The Kier molecular flexibility index (Phi) is 9.91. The first-order chi connectivity index (χ1) is 20.0. The number of amides is 3. The van der Waals surface area contributed by atoms with Crippen molar-refractivity contribution < 1.29 is 47.0 Å². The summed E-state index contributed by atoms with van der Waals surface area (Å²) < 4.78 is 44.0. The molecule has 0 aliphatic heterocycles. The van der Waals surface area contributed by atoms with Crippen molar-refractivity contribution in [3.05, 3.63) is 95.1 Å². The van der Waals surface area contributed by atoms with Gasteiger partial charge >= 0.3 is 24.1 Å². The Hall–Kier alpha value is -5.20. The average Bonchev–Trinajstić information content (AvgIpc) is 2.91. The fraction of sp³-hybridized carbons (Fsp3) is 0.233. The van der Waals surface area contributed by atoms with Crippen molar-refractivity contribution >= 4 is 41.0 Å². The summed E-state index contributed by atoms with van der Waals surface area (Å²) in [5, 5.41) is 14.2. The Bertz CT molecular complexity index is 1530. The summed E-state index contributed by atoms with van der Waals surface area (Å²) in [7, 11) is 0. The Morgan fingerprint density at radius 2 is 1.47 bits per heavy atom. The van der Waals surface area contributed by atoms with Crippen LogP contribution in [0.4, 0.5) is 29.3 Å². The molecule has 13 heteroatoms. The monoisotopic (exact) mass is 599 g/mol. The van der Waals surface area contributed by atoms with Crippen LogP contribution < -0.4 is 10.6 Å². The number of halogens is 3. The molecule has 0 fully saturated rings. The van der Waals surface area contributed by atoms with E-state index in [1.807, 2.05) is 0 Å². The Morgan fingerprint density at radius 3 is 2.07 bits per heavy atom. The van der Waals surface area contributed by atoms with Crippen molar-refractivity contribution in [2.24, 2.45) is 0 Å². The first-order valence-electron chi connectivity index (χ1n) is 12.8. The molecular formula is C30H28F3N3O7. The highest BCUT2D eigenvalue weighted by atomic mass is 19.4. The molecule has 10 nitrogen and oxygen atoms in total. The number of rotatable bonds is 9. The number of carboxylic acids is 1. The molecule has 0 spiro atoms. The lowest BCUT2D eigenvalue weighted by molar-refractivity contribution is -0.155. The van der Waals surface area contributed by atoms with Gasteiger partial charge in [0.05, 0.1) is 16.8 Å². The number of aromatic carboxylic acids is 1. The number of carbonyl (C=O) groups excluding carboxylic acids is 4. The van der Waals surface area contributed by atoms with E-state index in [0.29, 0.717) is 0 Å². The standard InChI is InChI=1S/C30H28F3N3O7/c1-29(2,3)43-25(38)17-36(28(42)34-21-8-6-7-19(15-21)27(40)41)16-24(37)35-23-10-5-4-9-22(23)26(39)18-11-13-20(14-12-18)30(31,32)33/h4-15H,16-17H2,1-3H3,(H,34,42)(H,35,37)(H,40,41). The van der Waals surface area contributed by atoms with Crippen molar-refractivity contribution in [3.63, 3.8) is 0 Å². The van der Waals surface area contributed by atoms with Crippen LogP contribution in [0.3, 0.4) is 0 Å². The molecule has 0 unspecified atom stereocenters. The molecular weight excluding hydrogens is 571 g/mol. The van der Waals surface area contributed by atoms with Crippen LogP contribution in [0, 0.1) is 0 Å². The quantitative estimate of drug-likeness (QED) is 0.219. The fourth-order valence-corrected chi connectivity index (χ4v) is 3.78. The number of ketones is 1. The second kappa shape index (κ2) is 13.2. The molecule has 0 heterocycles. The van der Waals surface area contributed by atoms with Crippen LogP contribution in [0.2, 0.25) is 0 Å². The summed E-state index contributed by atoms with van der Waals surface area (Å²) in [6.07, 6.45) is -4.58. The van der Waals surface area contributed by atoms with Crippen molar-refractivity contribution in [2.45, 2.75) is 32.5 Å². The van der Waals surface area contributed by atoms with E-state index in [-0.39, 0.29) is 28.1 Å². The van der Waals surface area contributed by atoms with Crippen LogP contribution in [0.1, 0.15) is 52.6 Å². The van der Waals surface area contributed by atoms with Crippen LogP contribution in [0.5, 0.6) is 0 Å². The molecule has 3 rings (SSSR count). The van der Waals surface area contributed by atoms with E-state index in [9.17, 15) is 42.3 Å². The summed E-state index contributed by atoms with van der Waals surface area (Å²) in [6, 6.07) is 13.8. The van der Waals surface area contributed by atoms with Gasteiger partial charge in [0.25, 0.3) is 0 Å².